The van der Waals surface area contributed by atoms with Crippen molar-refractivity contribution in [2.75, 3.05) is 24.6 Å². The molecule has 3 rings (SSSR count). The summed E-state index contributed by atoms with van der Waals surface area (Å²) in [6.07, 6.45) is 8.79. The number of anilines is 1. The number of nitrogens with zero attached hydrogens (tertiary/aromatic N) is 3. The Morgan fingerprint density at radius 2 is 1.90 bits per heavy atom. The molecule has 1 N–H and O–H groups in total. The third-order valence-corrected chi connectivity index (χ3v) is 5.23. The Morgan fingerprint density at radius 3 is 2.48 bits per heavy atom. The number of aromatic nitrogens is 2. The van der Waals surface area contributed by atoms with E-state index >= 15 is 0 Å². The van der Waals surface area contributed by atoms with Crippen molar-refractivity contribution in [3.05, 3.63) is 18.0 Å². The molecular formula is C17H27N3O. The fourth-order valence-corrected chi connectivity index (χ4v) is 3.67. The van der Waals surface area contributed by atoms with Crippen LogP contribution in [0.1, 0.15) is 51.0 Å². The van der Waals surface area contributed by atoms with Gasteiger partial charge in [0.05, 0.1) is 0 Å². The van der Waals surface area contributed by atoms with Crippen LogP contribution in [0.2, 0.25) is 0 Å². The molecular weight excluding hydrogens is 262 g/mol. The molecule has 2 atom stereocenters. The molecule has 1 saturated heterocycles. The summed E-state index contributed by atoms with van der Waals surface area (Å²) < 4.78 is 0. The minimum atomic E-state index is 0.357. The van der Waals surface area contributed by atoms with Crippen molar-refractivity contribution in [1.29, 1.82) is 0 Å². The third kappa shape index (κ3) is 3.37. The lowest BCUT2D eigenvalue weighted by molar-refractivity contribution is 0.266. The summed E-state index contributed by atoms with van der Waals surface area (Å²) in [4.78, 5) is 11.4. The second-order valence-corrected chi connectivity index (χ2v) is 6.97. The Labute approximate surface area is 127 Å². The van der Waals surface area contributed by atoms with Crippen molar-refractivity contribution in [2.24, 2.45) is 17.8 Å². The molecule has 1 aromatic heterocycles. The monoisotopic (exact) mass is 289 g/mol. The highest BCUT2D eigenvalue weighted by atomic mass is 16.3. The molecule has 0 amide bonds. The van der Waals surface area contributed by atoms with E-state index in [1.165, 1.54) is 24.8 Å². The van der Waals surface area contributed by atoms with E-state index in [-0.39, 0.29) is 0 Å². The number of aliphatic hydroxyl groups excluding tert-OH is 1. The van der Waals surface area contributed by atoms with E-state index < -0.39 is 0 Å². The van der Waals surface area contributed by atoms with Crippen molar-refractivity contribution in [3.63, 3.8) is 0 Å². The van der Waals surface area contributed by atoms with Crippen molar-refractivity contribution in [1.82, 2.24) is 9.97 Å². The van der Waals surface area contributed by atoms with Gasteiger partial charge in [-0.3, -0.25) is 0 Å². The standard InChI is InChI=1S/C17H27N3O/c1-12(2)15-10-18-17(19-11-15)20-6-3-13(4-7-20)16-9-14(16)5-8-21/h10-14,16,21H,3-9H2,1-2H3/t14-,16-/m1/s1. The lowest BCUT2D eigenvalue weighted by Gasteiger charge is -2.32. The van der Waals surface area contributed by atoms with Crippen molar-refractivity contribution >= 4 is 5.95 Å². The normalized spacial score (nSPS) is 26.4. The van der Waals surface area contributed by atoms with Crippen molar-refractivity contribution < 1.29 is 5.11 Å². The van der Waals surface area contributed by atoms with Gasteiger partial charge >= 0.3 is 0 Å². The largest absolute Gasteiger partial charge is 0.396 e. The molecule has 1 aromatic rings. The Kier molecular flexibility index (Phi) is 4.43. The zero-order valence-electron chi connectivity index (χ0n) is 13.2. The van der Waals surface area contributed by atoms with Crippen LogP contribution in [-0.4, -0.2) is 34.8 Å². The van der Waals surface area contributed by atoms with Gasteiger partial charge in [-0.05, 0) is 54.9 Å². The first kappa shape index (κ1) is 14.8. The van der Waals surface area contributed by atoms with Gasteiger partial charge < -0.3 is 10.0 Å². The average molecular weight is 289 g/mol. The van der Waals surface area contributed by atoms with Gasteiger partial charge in [0.2, 0.25) is 5.95 Å². The van der Waals surface area contributed by atoms with Crippen LogP contribution in [0.25, 0.3) is 0 Å². The van der Waals surface area contributed by atoms with Gasteiger partial charge in [-0.15, -0.1) is 0 Å². The Balaban J connectivity index is 1.51. The van der Waals surface area contributed by atoms with Gasteiger partial charge in [0.25, 0.3) is 0 Å². The van der Waals surface area contributed by atoms with E-state index in [0.29, 0.717) is 12.5 Å². The number of piperidine rings is 1. The van der Waals surface area contributed by atoms with Gasteiger partial charge in [0, 0.05) is 32.1 Å². The summed E-state index contributed by atoms with van der Waals surface area (Å²) in [6.45, 7) is 6.85. The van der Waals surface area contributed by atoms with Gasteiger partial charge in [-0.2, -0.15) is 0 Å². The molecule has 4 nitrogen and oxygen atoms in total. The highest BCUT2D eigenvalue weighted by Crippen LogP contribution is 2.49. The van der Waals surface area contributed by atoms with Crippen LogP contribution in [0.5, 0.6) is 0 Å². The number of aliphatic hydroxyl groups is 1. The molecule has 1 saturated carbocycles. The van der Waals surface area contributed by atoms with E-state index in [4.69, 9.17) is 5.11 Å². The summed E-state index contributed by atoms with van der Waals surface area (Å²) in [5.74, 6) is 3.91. The van der Waals surface area contributed by atoms with Crippen LogP contribution < -0.4 is 4.90 Å². The van der Waals surface area contributed by atoms with Crippen LogP contribution in [0.15, 0.2) is 12.4 Å². The third-order valence-electron chi connectivity index (χ3n) is 5.23. The molecule has 2 aliphatic rings. The Hall–Kier alpha value is -1.16. The Morgan fingerprint density at radius 1 is 1.24 bits per heavy atom. The fraction of sp³-hybridized carbons (Fsp3) is 0.765. The first-order chi connectivity index (χ1) is 10.2. The van der Waals surface area contributed by atoms with Gasteiger partial charge in [0.15, 0.2) is 0 Å². The lowest BCUT2D eigenvalue weighted by Crippen LogP contribution is -2.35. The van der Waals surface area contributed by atoms with Gasteiger partial charge in [-0.25, -0.2) is 9.97 Å². The summed E-state index contributed by atoms with van der Waals surface area (Å²) in [7, 11) is 0. The zero-order valence-corrected chi connectivity index (χ0v) is 13.2. The predicted octanol–water partition coefficient (Wildman–Crippen LogP) is 2.83. The summed E-state index contributed by atoms with van der Waals surface area (Å²) in [6, 6.07) is 0. The number of rotatable bonds is 5. The number of hydrogen-bond acceptors (Lipinski definition) is 4. The summed E-state index contributed by atoms with van der Waals surface area (Å²) in [5, 5.41) is 9.02. The van der Waals surface area contributed by atoms with Crippen LogP contribution in [0.4, 0.5) is 5.95 Å². The highest BCUT2D eigenvalue weighted by Gasteiger charge is 2.42. The molecule has 116 valence electrons. The average Bonchev–Trinajstić information content (AvgIpc) is 3.27. The van der Waals surface area contributed by atoms with E-state index in [2.05, 4.69) is 28.7 Å². The summed E-state index contributed by atoms with van der Waals surface area (Å²) in [5.41, 5.74) is 1.21. The topological polar surface area (TPSA) is 49.2 Å². The molecule has 1 aliphatic carbocycles. The van der Waals surface area contributed by atoms with Crippen LogP contribution in [-0.2, 0) is 0 Å². The van der Waals surface area contributed by atoms with Gasteiger partial charge in [-0.1, -0.05) is 13.8 Å². The smallest absolute Gasteiger partial charge is 0.225 e. The second-order valence-electron chi connectivity index (χ2n) is 6.97. The van der Waals surface area contributed by atoms with Crippen molar-refractivity contribution in [2.45, 2.75) is 45.4 Å². The van der Waals surface area contributed by atoms with E-state index in [1.807, 2.05) is 12.4 Å². The maximum Gasteiger partial charge on any atom is 0.225 e. The van der Waals surface area contributed by atoms with E-state index in [9.17, 15) is 0 Å². The van der Waals surface area contributed by atoms with Crippen LogP contribution >= 0.6 is 0 Å². The maximum absolute atomic E-state index is 9.02. The SMILES string of the molecule is CC(C)c1cnc(N2CCC([C@H]3C[C@H]3CCO)CC2)nc1. The quantitative estimate of drug-likeness (QED) is 0.905. The van der Waals surface area contributed by atoms with Crippen LogP contribution in [0.3, 0.4) is 0 Å². The van der Waals surface area contributed by atoms with Gasteiger partial charge in [0.1, 0.15) is 0 Å². The van der Waals surface area contributed by atoms with E-state index in [1.54, 1.807) is 0 Å². The maximum atomic E-state index is 9.02. The molecule has 21 heavy (non-hydrogen) atoms. The molecule has 0 spiro atoms. The molecule has 0 bridgehead atoms. The first-order valence-electron chi connectivity index (χ1n) is 8.36. The minimum absolute atomic E-state index is 0.357. The fourth-order valence-electron chi connectivity index (χ4n) is 3.67. The second kappa shape index (κ2) is 6.30. The van der Waals surface area contributed by atoms with E-state index in [0.717, 1.165) is 43.2 Å². The molecule has 2 fully saturated rings. The molecule has 4 heteroatoms. The van der Waals surface area contributed by atoms with Crippen LogP contribution in [0, 0.1) is 17.8 Å². The summed E-state index contributed by atoms with van der Waals surface area (Å²) >= 11 is 0. The highest BCUT2D eigenvalue weighted by molar-refractivity contribution is 5.31. The zero-order chi connectivity index (χ0) is 14.8. The molecule has 0 aromatic carbocycles. The Bertz CT molecular complexity index is 452. The first-order valence-corrected chi connectivity index (χ1v) is 8.36. The molecule has 2 heterocycles. The molecule has 1 aliphatic heterocycles. The number of hydrogen-bond donors (Lipinski definition) is 1. The molecule has 0 unspecified atom stereocenters. The van der Waals surface area contributed by atoms with Crippen molar-refractivity contribution in [3.8, 4) is 0 Å². The minimum Gasteiger partial charge on any atom is -0.396 e. The molecule has 0 radical (unpaired) electrons. The predicted molar refractivity (Wildman–Crippen MR) is 84.4 cm³/mol. The lowest BCUT2D eigenvalue weighted by atomic mass is 9.90.